The lowest BCUT2D eigenvalue weighted by atomic mass is 9.94. The zero-order chi connectivity index (χ0) is 30.6. The van der Waals surface area contributed by atoms with Crippen molar-refractivity contribution in [3.63, 3.8) is 0 Å². The number of ether oxygens (including phenoxy) is 1. The van der Waals surface area contributed by atoms with Crippen molar-refractivity contribution in [2.75, 3.05) is 6.61 Å². The highest BCUT2D eigenvalue weighted by Gasteiger charge is 2.32. The SMILES string of the molecule is CCCCCCCCCCCCCCCOc1ccc(/C(=C2/N=C(C)C(I)=C2C)c2c(C)c(I)c(C)n2B(F)F)cc1. The van der Waals surface area contributed by atoms with Crippen LogP contribution in [0.4, 0.5) is 8.63 Å². The molecule has 0 atom stereocenters. The van der Waals surface area contributed by atoms with E-state index in [2.05, 4.69) is 52.1 Å². The van der Waals surface area contributed by atoms with Gasteiger partial charge in [0.2, 0.25) is 0 Å². The molecule has 0 fully saturated rings. The summed E-state index contributed by atoms with van der Waals surface area (Å²) < 4.78 is 37.9. The summed E-state index contributed by atoms with van der Waals surface area (Å²) in [5, 5.41) is 0. The van der Waals surface area contributed by atoms with Crippen LogP contribution in [0.5, 0.6) is 5.75 Å². The maximum atomic E-state index is 14.4. The summed E-state index contributed by atoms with van der Waals surface area (Å²) in [6, 6.07) is 7.87. The van der Waals surface area contributed by atoms with Crippen molar-refractivity contribution in [1.29, 1.82) is 0 Å². The molecule has 1 aromatic heterocycles. The second-order valence-corrected chi connectivity index (χ2v) is 13.7. The summed E-state index contributed by atoms with van der Waals surface area (Å²) in [5.74, 6) is 0.807. The number of nitrogens with zero attached hydrogens (tertiary/aromatic N) is 2. The highest BCUT2D eigenvalue weighted by atomic mass is 127. The molecular formula is C34H47BF2I2N2O. The molecule has 1 aliphatic rings. The second-order valence-electron chi connectivity index (χ2n) is 11.5. The Labute approximate surface area is 280 Å². The molecule has 0 N–H and O–H groups in total. The van der Waals surface area contributed by atoms with E-state index in [-0.39, 0.29) is 0 Å². The number of aliphatic imine (C=N–C) groups is 1. The van der Waals surface area contributed by atoms with E-state index in [1.54, 1.807) is 6.92 Å². The summed E-state index contributed by atoms with van der Waals surface area (Å²) in [4.78, 5) is 4.85. The van der Waals surface area contributed by atoms with Gasteiger partial charge in [-0.2, -0.15) is 0 Å². The molecule has 0 spiro atoms. The molecule has 1 aromatic carbocycles. The summed E-state index contributed by atoms with van der Waals surface area (Å²) in [6.07, 6.45) is 17.2. The van der Waals surface area contributed by atoms with Gasteiger partial charge in [-0.1, -0.05) is 96.1 Å². The molecule has 0 radical (unpaired) electrons. The zero-order valence-corrected chi connectivity index (χ0v) is 30.4. The molecule has 0 unspecified atom stereocenters. The number of aromatic nitrogens is 1. The minimum atomic E-state index is -2.64. The van der Waals surface area contributed by atoms with E-state index in [9.17, 15) is 8.63 Å². The number of hydrogen-bond acceptors (Lipinski definition) is 2. The topological polar surface area (TPSA) is 26.5 Å². The zero-order valence-electron chi connectivity index (χ0n) is 26.1. The van der Waals surface area contributed by atoms with Crippen LogP contribution in [0.15, 0.2) is 44.1 Å². The first-order valence-corrected chi connectivity index (χ1v) is 17.9. The van der Waals surface area contributed by atoms with Crippen LogP contribution in [-0.2, 0) is 0 Å². The van der Waals surface area contributed by atoms with Gasteiger partial charge in [0.25, 0.3) is 0 Å². The first kappa shape index (κ1) is 35.3. The molecule has 0 bridgehead atoms. The lowest BCUT2D eigenvalue weighted by Gasteiger charge is -2.17. The Hall–Kier alpha value is -1.17. The molecule has 230 valence electrons. The number of halogens is 4. The Morgan fingerprint density at radius 2 is 1.33 bits per heavy atom. The second kappa shape index (κ2) is 18.0. The van der Waals surface area contributed by atoms with Gasteiger partial charge < -0.3 is 9.21 Å². The van der Waals surface area contributed by atoms with E-state index >= 15 is 0 Å². The lowest BCUT2D eigenvalue weighted by Crippen LogP contribution is -2.18. The van der Waals surface area contributed by atoms with Gasteiger partial charge in [0.15, 0.2) is 0 Å². The molecule has 0 saturated heterocycles. The number of allylic oxidation sites excluding steroid dienone is 2. The Bertz CT molecular complexity index is 1270. The van der Waals surface area contributed by atoms with Gasteiger partial charge in [-0.3, -0.25) is 13.6 Å². The van der Waals surface area contributed by atoms with E-state index in [0.29, 0.717) is 18.0 Å². The van der Waals surface area contributed by atoms with Crippen LogP contribution in [0.3, 0.4) is 0 Å². The Balaban J connectivity index is 1.58. The van der Waals surface area contributed by atoms with Gasteiger partial charge in [0.1, 0.15) is 5.75 Å². The number of benzene rings is 1. The Morgan fingerprint density at radius 1 is 0.810 bits per heavy atom. The fourth-order valence-electron chi connectivity index (χ4n) is 5.71. The molecule has 0 amide bonds. The van der Waals surface area contributed by atoms with Gasteiger partial charge in [0.05, 0.1) is 18.0 Å². The average molecular weight is 802 g/mol. The number of rotatable bonds is 18. The third-order valence-corrected chi connectivity index (χ3v) is 11.4. The Kier molecular flexibility index (Phi) is 15.1. The van der Waals surface area contributed by atoms with Crippen molar-refractivity contribution in [3.8, 4) is 5.75 Å². The van der Waals surface area contributed by atoms with Crippen LogP contribution in [0.2, 0.25) is 0 Å². The highest BCUT2D eigenvalue weighted by Crippen LogP contribution is 2.41. The summed E-state index contributed by atoms with van der Waals surface area (Å²) in [7, 11) is -2.64. The van der Waals surface area contributed by atoms with Crippen molar-refractivity contribution < 1.29 is 13.4 Å². The Morgan fingerprint density at radius 3 is 1.81 bits per heavy atom. The maximum Gasteiger partial charge on any atom is 0.677 e. The van der Waals surface area contributed by atoms with Crippen molar-refractivity contribution in [2.45, 2.75) is 118 Å². The van der Waals surface area contributed by atoms with Gasteiger partial charge in [-0.25, -0.2) is 0 Å². The van der Waals surface area contributed by atoms with Crippen molar-refractivity contribution >= 4 is 63.9 Å². The largest absolute Gasteiger partial charge is 0.677 e. The number of hydrogen-bond donors (Lipinski definition) is 0. The molecule has 3 rings (SSSR count). The van der Waals surface area contributed by atoms with Crippen LogP contribution in [-0.4, -0.2) is 24.2 Å². The maximum absolute atomic E-state index is 14.4. The molecule has 0 saturated carbocycles. The summed E-state index contributed by atoms with van der Waals surface area (Å²) in [6.45, 7) is 10.6. The quantitative estimate of drug-likeness (QED) is 0.0838. The van der Waals surface area contributed by atoms with E-state index in [1.807, 2.05) is 45.0 Å². The van der Waals surface area contributed by atoms with Crippen LogP contribution < -0.4 is 4.74 Å². The third kappa shape index (κ3) is 9.42. The molecule has 1 aliphatic heterocycles. The van der Waals surface area contributed by atoms with Crippen LogP contribution in [0, 0.1) is 17.4 Å². The van der Waals surface area contributed by atoms with Crippen molar-refractivity contribution in [1.82, 2.24) is 4.48 Å². The van der Waals surface area contributed by atoms with Crippen LogP contribution in [0.1, 0.15) is 127 Å². The molecule has 0 aliphatic carbocycles. The molecule has 8 heteroatoms. The van der Waals surface area contributed by atoms with E-state index in [1.165, 1.54) is 77.0 Å². The van der Waals surface area contributed by atoms with Crippen LogP contribution >= 0.6 is 45.2 Å². The molecule has 42 heavy (non-hydrogen) atoms. The van der Waals surface area contributed by atoms with E-state index in [0.717, 1.165) is 57.5 Å². The molecule has 3 nitrogen and oxygen atoms in total. The van der Waals surface area contributed by atoms with Crippen LogP contribution in [0.25, 0.3) is 5.57 Å². The lowest BCUT2D eigenvalue weighted by molar-refractivity contribution is 0.304. The minimum Gasteiger partial charge on any atom is -0.494 e. The monoisotopic (exact) mass is 802 g/mol. The van der Waals surface area contributed by atoms with E-state index < -0.39 is 7.40 Å². The fraction of sp³-hybridized carbons (Fsp3) is 0.559. The molecular weight excluding hydrogens is 755 g/mol. The third-order valence-electron chi connectivity index (χ3n) is 8.21. The van der Waals surface area contributed by atoms with Crippen molar-refractivity contribution in [3.05, 3.63) is 65.2 Å². The smallest absolute Gasteiger partial charge is 0.494 e. The minimum absolute atomic E-state index is 0.532. The molecule has 2 aromatic rings. The van der Waals surface area contributed by atoms with Gasteiger partial charge in [0, 0.05) is 24.1 Å². The van der Waals surface area contributed by atoms with Crippen molar-refractivity contribution in [2.24, 2.45) is 4.99 Å². The van der Waals surface area contributed by atoms with Gasteiger partial charge >= 0.3 is 7.40 Å². The normalized spacial score (nSPS) is 14.5. The molecule has 2 heterocycles. The van der Waals surface area contributed by atoms with E-state index in [4.69, 9.17) is 9.73 Å². The fourth-order valence-corrected chi connectivity index (χ4v) is 6.61. The summed E-state index contributed by atoms with van der Waals surface area (Å²) in [5.41, 5.74) is 6.24. The van der Waals surface area contributed by atoms with Gasteiger partial charge in [-0.15, -0.1) is 0 Å². The predicted octanol–water partition coefficient (Wildman–Crippen LogP) is 11.9. The highest BCUT2D eigenvalue weighted by molar-refractivity contribution is 14.1. The standard InChI is InChI=1S/C34H47BF2I2N2O/c1-6-7-8-9-10-11-12-13-14-15-16-17-18-23-42-29-21-19-28(20-22-29)30(33-24(2)31(38)26(4)40-33)34-25(3)32(39)27(5)41(34)35(36)37/h19-22H,6-18,23H2,1-5H3/b33-30-. The first-order valence-electron chi connectivity index (χ1n) is 15.7. The predicted molar refractivity (Wildman–Crippen MR) is 193 cm³/mol. The average Bonchev–Trinajstić information content (AvgIpc) is 3.35. The van der Waals surface area contributed by atoms with Gasteiger partial charge in [-0.05, 0) is 108 Å². The number of unbranched alkanes of at least 4 members (excludes halogenated alkanes) is 12. The first-order chi connectivity index (χ1) is 20.2. The summed E-state index contributed by atoms with van der Waals surface area (Å²) >= 11 is 4.47.